The lowest BCUT2D eigenvalue weighted by Gasteiger charge is -2.32. The molecule has 2 amide bonds. The van der Waals surface area contributed by atoms with Crippen LogP contribution in [0.15, 0.2) is 54.6 Å². The molecular weight excluding hydrogens is 347 g/mol. The number of ether oxygens (including phenoxy) is 1. The Labute approximate surface area is 158 Å². The molecule has 3 rings (SSSR count). The van der Waals surface area contributed by atoms with Crippen molar-refractivity contribution < 1.29 is 18.7 Å². The Kier molecular flexibility index (Phi) is 6.41. The van der Waals surface area contributed by atoms with E-state index in [1.807, 2.05) is 30.3 Å². The molecule has 0 saturated carbocycles. The van der Waals surface area contributed by atoms with E-state index in [0.29, 0.717) is 39.0 Å². The SMILES string of the molecule is O=C(NC1CCN(C(=O)CCOc2ccccc2)CC1)c1ccccc1F. The molecule has 142 valence electrons. The molecule has 0 bridgehead atoms. The van der Waals surface area contributed by atoms with Crippen LogP contribution in [0, 0.1) is 5.82 Å². The lowest BCUT2D eigenvalue weighted by molar-refractivity contribution is -0.132. The fourth-order valence-electron chi connectivity index (χ4n) is 3.11. The summed E-state index contributed by atoms with van der Waals surface area (Å²) in [7, 11) is 0. The van der Waals surface area contributed by atoms with Crippen molar-refractivity contribution in [3.63, 3.8) is 0 Å². The highest BCUT2D eigenvalue weighted by atomic mass is 19.1. The zero-order chi connectivity index (χ0) is 19.1. The predicted octanol–water partition coefficient (Wildman–Crippen LogP) is 3.02. The van der Waals surface area contributed by atoms with E-state index >= 15 is 0 Å². The molecular formula is C21H23FN2O3. The van der Waals surface area contributed by atoms with E-state index in [4.69, 9.17) is 4.74 Å². The molecule has 1 aliphatic rings. The summed E-state index contributed by atoms with van der Waals surface area (Å²) in [6.45, 7) is 1.49. The van der Waals surface area contributed by atoms with Gasteiger partial charge in [0.1, 0.15) is 11.6 Å². The molecule has 1 heterocycles. The fraction of sp³-hybridized carbons (Fsp3) is 0.333. The van der Waals surface area contributed by atoms with Crippen molar-refractivity contribution in [1.29, 1.82) is 0 Å². The summed E-state index contributed by atoms with van der Waals surface area (Å²) in [6.07, 6.45) is 1.64. The molecule has 0 unspecified atom stereocenters. The third-order valence-electron chi connectivity index (χ3n) is 4.63. The van der Waals surface area contributed by atoms with Crippen molar-refractivity contribution in [3.8, 4) is 5.75 Å². The quantitative estimate of drug-likeness (QED) is 0.850. The van der Waals surface area contributed by atoms with Gasteiger partial charge in [-0.1, -0.05) is 30.3 Å². The lowest BCUT2D eigenvalue weighted by Crippen LogP contribution is -2.46. The van der Waals surface area contributed by atoms with Crippen molar-refractivity contribution in [3.05, 3.63) is 66.0 Å². The fourth-order valence-corrected chi connectivity index (χ4v) is 3.11. The highest BCUT2D eigenvalue weighted by Gasteiger charge is 2.24. The molecule has 2 aromatic rings. The second-order valence-electron chi connectivity index (χ2n) is 6.52. The van der Waals surface area contributed by atoms with Crippen molar-refractivity contribution in [2.24, 2.45) is 0 Å². The second-order valence-corrected chi connectivity index (χ2v) is 6.52. The number of para-hydroxylation sites is 1. The maximum Gasteiger partial charge on any atom is 0.254 e. The molecule has 27 heavy (non-hydrogen) atoms. The number of rotatable bonds is 6. The summed E-state index contributed by atoms with van der Waals surface area (Å²) in [5.41, 5.74) is 0.0501. The minimum Gasteiger partial charge on any atom is -0.493 e. The average molecular weight is 370 g/mol. The van der Waals surface area contributed by atoms with Gasteiger partial charge in [0.2, 0.25) is 5.91 Å². The number of halogens is 1. The van der Waals surface area contributed by atoms with Gasteiger partial charge in [0.25, 0.3) is 5.91 Å². The molecule has 1 aliphatic heterocycles. The van der Waals surface area contributed by atoms with Gasteiger partial charge in [-0.25, -0.2) is 4.39 Å². The van der Waals surface area contributed by atoms with Gasteiger partial charge in [-0.15, -0.1) is 0 Å². The normalized spacial score (nSPS) is 14.6. The highest BCUT2D eigenvalue weighted by molar-refractivity contribution is 5.94. The minimum absolute atomic E-state index is 0.0461. The van der Waals surface area contributed by atoms with Crippen LogP contribution in [0.5, 0.6) is 5.75 Å². The summed E-state index contributed by atoms with van der Waals surface area (Å²) in [5, 5.41) is 2.86. The van der Waals surface area contributed by atoms with E-state index in [9.17, 15) is 14.0 Å². The zero-order valence-electron chi connectivity index (χ0n) is 15.1. The maximum absolute atomic E-state index is 13.7. The Balaban J connectivity index is 1.40. The lowest BCUT2D eigenvalue weighted by atomic mass is 10.0. The third kappa shape index (κ3) is 5.29. The van der Waals surface area contributed by atoms with Crippen LogP contribution in [-0.2, 0) is 4.79 Å². The zero-order valence-corrected chi connectivity index (χ0v) is 15.1. The van der Waals surface area contributed by atoms with Crippen LogP contribution in [-0.4, -0.2) is 42.5 Å². The first-order valence-electron chi connectivity index (χ1n) is 9.14. The number of hydrogen-bond donors (Lipinski definition) is 1. The summed E-state index contributed by atoms with van der Waals surface area (Å²) in [5.74, 6) is -0.139. The summed E-state index contributed by atoms with van der Waals surface area (Å²) >= 11 is 0. The number of carbonyl (C=O) groups is 2. The smallest absolute Gasteiger partial charge is 0.254 e. The Morgan fingerprint density at radius 3 is 2.41 bits per heavy atom. The molecule has 5 nitrogen and oxygen atoms in total. The minimum atomic E-state index is -0.527. The average Bonchev–Trinajstić information content (AvgIpc) is 2.69. The van der Waals surface area contributed by atoms with Crippen LogP contribution in [0.25, 0.3) is 0 Å². The molecule has 0 spiro atoms. The number of carbonyl (C=O) groups excluding carboxylic acids is 2. The predicted molar refractivity (Wildman–Crippen MR) is 100 cm³/mol. The molecule has 0 aliphatic carbocycles. The Hall–Kier alpha value is -2.89. The number of nitrogens with one attached hydrogen (secondary N) is 1. The highest BCUT2D eigenvalue weighted by Crippen LogP contribution is 2.14. The van der Waals surface area contributed by atoms with Crippen molar-refractivity contribution >= 4 is 11.8 Å². The first kappa shape index (κ1) is 18.9. The standard InChI is InChI=1S/C21H23FN2O3/c22-19-9-5-4-8-18(19)21(26)23-16-10-13-24(14-11-16)20(25)12-15-27-17-6-2-1-3-7-17/h1-9,16H,10-15H2,(H,23,26). The van der Waals surface area contributed by atoms with E-state index in [0.717, 1.165) is 5.75 Å². The van der Waals surface area contributed by atoms with Crippen molar-refractivity contribution in [2.45, 2.75) is 25.3 Å². The second kappa shape index (κ2) is 9.16. The van der Waals surface area contributed by atoms with Gasteiger partial charge in [0.05, 0.1) is 18.6 Å². The topological polar surface area (TPSA) is 58.6 Å². The Morgan fingerprint density at radius 2 is 1.70 bits per heavy atom. The Morgan fingerprint density at radius 1 is 1.04 bits per heavy atom. The van der Waals surface area contributed by atoms with Crippen molar-refractivity contribution in [2.75, 3.05) is 19.7 Å². The van der Waals surface area contributed by atoms with Crippen molar-refractivity contribution in [1.82, 2.24) is 10.2 Å². The first-order chi connectivity index (χ1) is 13.1. The monoisotopic (exact) mass is 370 g/mol. The number of amides is 2. The largest absolute Gasteiger partial charge is 0.493 e. The molecule has 6 heteroatoms. The molecule has 0 atom stereocenters. The molecule has 0 aromatic heterocycles. The van der Waals surface area contributed by atoms with E-state index in [1.54, 1.807) is 17.0 Å². The summed E-state index contributed by atoms with van der Waals surface area (Å²) < 4.78 is 19.2. The number of nitrogens with zero attached hydrogens (tertiary/aromatic N) is 1. The van der Waals surface area contributed by atoms with Crippen LogP contribution in [0.2, 0.25) is 0 Å². The Bertz CT molecular complexity index is 774. The first-order valence-corrected chi connectivity index (χ1v) is 9.14. The number of benzene rings is 2. The van der Waals surface area contributed by atoms with Gasteiger partial charge in [0, 0.05) is 19.1 Å². The van der Waals surface area contributed by atoms with Crippen LogP contribution in [0.1, 0.15) is 29.6 Å². The molecule has 1 fully saturated rings. The third-order valence-corrected chi connectivity index (χ3v) is 4.63. The maximum atomic E-state index is 13.7. The number of hydrogen-bond acceptors (Lipinski definition) is 3. The molecule has 0 radical (unpaired) electrons. The summed E-state index contributed by atoms with van der Waals surface area (Å²) in [4.78, 5) is 26.3. The van der Waals surface area contributed by atoms with Gasteiger partial charge < -0.3 is 15.0 Å². The van der Waals surface area contributed by atoms with E-state index in [-0.39, 0.29) is 17.5 Å². The van der Waals surface area contributed by atoms with E-state index < -0.39 is 11.7 Å². The van der Waals surface area contributed by atoms with Gasteiger partial charge in [-0.2, -0.15) is 0 Å². The molecule has 1 saturated heterocycles. The van der Waals surface area contributed by atoms with Crippen LogP contribution in [0.4, 0.5) is 4.39 Å². The van der Waals surface area contributed by atoms with E-state index in [1.165, 1.54) is 12.1 Å². The number of likely N-dealkylation sites (tertiary alicyclic amines) is 1. The molecule has 2 aromatic carbocycles. The van der Waals surface area contributed by atoms with Gasteiger partial charge in [0.15, 0.2) is 0 Å². The van der Waals surface area contributed by atoms with Gasteiger partial charge >= 0.3 is 0 Å². The van der Waals surface area contributed by atoms with Gasteiger partial charge in [-0.05, 0) is 37.1 Å². The van der Waals surface area contributed by atoms with Crippen LogP contribution >= 0.6 is 0 Å². The van der Waals surface area contributed by atoms with Crippen LogP contribution < -0.4 is 10.1 Å². The summed E-state index contributed by atoms with van der Waals surface area (Å²) in [6, 6.07) is 15.3. The van der Waals surface area contributed by atoms with Crippen LogP contribution in [0.3, 0.4) is 0 Å². The van der Waals surface area contributed by atoms with Gasteiger partial charge in [-0.3, -0.25) is 9.59 Å². The number of piperidine rings is 1. The molecule has 1 N–H and O–H groups in total. The van der Waals surface area contributed by atoms with E-state index in [2.05, 4.69) is 5.32 Å².